The fourth-order valence-electron chi connectivity index (χ4n) is 6.09. The monoisotopic (exact) mass is 699 g/mol. The Labute approximate surface area is 294 Å². The van der Waals surface area contributed by atoms with E-state index >= 15 is 0 Å². The molecule has 0 aromatic heterocycles. The summed E-state index contributed by atoms with van der Waals surface area (Å²) in [4.78, 5) is 31.4. The van der Waals surface area contributed by atoms with Gasteiger partial charge in [0.2, 0.25) is 11.8 Å². The van der Waals surface area contributed by atoms with Crippen molar-refractivity contribution in [1.29, 1.82) is 0 Å². The van der Waals surface area contributed by atoms with Crippen LogP contribution in [0.4, 0.5) is 5.69 Å². The lowest BCUT2D eigenvalue weighted by atomic mass is 10.0. The number of benzene rings is 4. The average Bonchev–Trinajstić information content (AvgIpc) is 3.63. The quantitative estimate of drug-likeness (QED) is 0.134. The molecule has 0 spiro atoms. The van der Waals surface area contributed by atoms with Gasteiger partial charge in [-0.25, -0.2) is 8.42 Å². The van der Waals surface area contributed by atoms with E-state index in [0.717, 1.165) is 51.6 Å². The number of sulfonamides is 1. The topological polar surface area (TPSA) is 96.0 Å². The van der Waals surface area contributed by atoms with Gasteiger partial charge >= 0.3 is 0 Å². The number of thioether (sulfide) groups is 1. The minimum absolute atomic E-state index is 0.0482. The van der Waals surface area contributed by atoms with Crippen LogP contribution < -0.4 is 14.4 Å². The molecule has 0 aliphatic heterocycles. The summed E-state index contributed by atoms with van der Waals surface area (Å²) < 4.78 is 35.5. The highest BCUT2D eigenvalue weighted by molar-refractivity contribution is 7.98. The Morgan fingerprint density at radius 2 is 1.53 bits per heavy atom. The van der Waals surface area contributed by atoms with Crippen LogP contribution >= 0.6 is 11.8 Å². The van der Waals surface area contributed by atoms with E-state index in [9.17, 15) is 18.0 Å². The largest absolute Gasteiger partial charge is 0.494 e. The molecule has 1 N–H and O–H groups in total. The summed E-state index contributed by atoms with van der Waals surface area (Å²) in [5.74, 6) is -0.132. The van der Waals surface area contributed by atoms with Gasteiger partial charge in [-0.3, -0.25) is 13.9 Å². The van der Waals surface area contributed by atoms with Crippen LogP contribution in [0.5, 0.6) is 5.75 Å². The molecule has 5 rings (SSSR count). The number of ether oxygens (including phenoxy) is 1. The second-order valence-corrected chi connectivity index (χ2v) is 15.1. The summed E-state index contributed by atoms with van der Waals surface area (Å²) in [5, 5.41) is 3.22. The van der Waals surface area contributed by atoms with Gasteiger partial charge in [-0.15, -0.1) is 11.8 Å². The predicted molar refractivity (Wildman–Crippen MR) is 196 cm³/mol. The maximum atomic E-state index is 14.7. The molecule has 4 aromatic carbocycles. The minimum Gasteiger partial charge on any atom is -0.494 e. The first-order valence-corrected chi connectivity index (χ1v) is 19.4. The summed E-state index contributed by atoms with van der Waals surface area (Å²) in [6.07, 6.45) is 6.10. The van der Waals surface area contributed by atoms with Crippen molar-refractivity contribution in [1.82, 2.24) is 10.2 Å². The zero-order valence-electron chi connectivity index (χ0n) is 28.4. The first-order valence-electron chi connectivity index (χ1n) is 16.8. The van der Waals surface area contributed by atoms with Crippen molar-refractivity contribution >= 4 is 39.3 Å². The molecule has 1 aliphatic carbocycles. The molecule has 0 heterocycles. The third kappa shape index (κ3) is 9.45. The van der Waals surface area contributed by atoms with Gasteiger partial charge in [0.25, 0.3) is 10.0 Å². The summed E-state index contributed by atoms with van der Waals surface area (Å²) >= 11 is 1.51. The van der Waals surface area contributed by atoms with E-state index in [1.54, 1.807) is 53.4 Å². The highest BCUT2D eigenvalue weighted by Crippen LogP contribution is 2.28. The Bertz CT molecular complexity index is 1780. The third-order valence-electron chi connectivity index (χ3n) is 8.81. The van der Waals surface area contributed by atoms with Crippen LogP contribution in [0, 0.1) is 6.92 Å². The zero-order valence-corrected chi connectivity index (χ0v) is 30.0. The molecule has 0 bridgehead atoms. The smallest absolute Gasteiger partial charge is 0.264 e. The van der Waals surface area contributed by atoms with Crippen LogP contribution in [0.1, 0.15) is 49.3 Å². The summed E-state index contributed by atoms with van der Waals surface area (Å²) in [5.41, 5.74) is 3.13. The Morgan fingerprint density at radius 3 is 2.14 bits per heavy atom. The lowest BCUT2D eigenvalue weighted by Crippen LogP contribution is -2.54. The molecule has 4 aromatic rings. The van der Waals surface area contributed by atoms with Crippen molar-refractivity contribution in [2.45, 2.75) is 74.4 Å². The normalized spacial score (nSPS) is 13.9. The van der Waals surface area contributed by atoms with Gasteiger partial charge in [-0.05, 0) is 92.6 Å². The highest BCUT2D eigenvalue weighted by Gasteiger charge is 2.35. The Kier molecular flexibility index (Phi) is 12.4. The number of nitrogens with zero attached hydrogens (tertiary/aromatic N) is 2. The number of nitrogens with one attached hydrogen (secondary N) is 1. The predicted octanol–water partition coefficient (Wildman–Crippen LogP) is 7.01. The molecule has 49 heavy (non-hydrogen) atoms. The maximum Gasteiger partial charge on any atom is 0.264 e. The van der Waals surface area contributed by atoms with Crippen LogP contribution in [0.2, 0.25) is 0 Å². The second-order valence-electron chi connectivity index (χ2n) is 12.3. The van der Waals surface area contributed by atoms with Crippen molar-refractivity contribution in [3.05, 3.63) is 120 Å². The summed E-state index contributed by atoms with van der Waals surface area (Å²) in [6, 6.07) is 29.9. The van der Waals surface area contributed by atoms with Crippen molar-refractivity contribution < 1.29 is 22.7 Å². The molecular formula is C39H45N3O5S2. The lowest BCUT2D eigenvalue weighted by Gasteiger charge is -2.34. The molecule has 258 valence electrons. The first-order chi connectivity index (χ1) is 23.7. The molecule has 0 saturated heterocycles. The molecule has 0 unspecified atom stereocenters. The number of hydrogen-bond donors (Lipinski definition) is 1. The minimum atomic E-state index is -4.20. The Morgan fingerprint density at radius 1 is 0.878 bits per heavy atom. The first kappa shape index (κ1) is 36.0. The number of carbonyl (C=O) groups excluding carboxylic acids is 2. The van der Waals surface area contributed by atoms with Gasteiger partial charge in [-0.1, -0.05) is 73.0 Å². The number of carbonyl (C=O) groups is 2. The Balaban J connectivity index is 1.56. The van der Waals surface area contributed by atoms with Crippen molar-refractivity contribution in [2.24, 2.45) is 0 Å². The molecule has 1 atom stereocenters. The summed E-state index contributed by atoms with van der Waals surface area (Å²) in [7, 11) is -4.20. The molecule has 10 heteroatoms. The maximum absolute atomic E-state index is 14.7. The highest BCUT2D eigenvalue weighted by atomic mass is 32.2. The van der Waals surface area contributed by atoms with E-state index in [-0.39, 0.29) is 29.8 Å². The molecule has 0 radical (unpaired) electrons. The average molecular weight is 700 g/mol. The standard InChI is InChI=1S/C39H45N3O5S2/c1-4-47-34-20-18-33(19-21-34)42(49(45,46)36-24-22-35(48-3)23-25-36)28-38(43)41(27-31-16-14-29(2)15-17-31)37(26-30-10-6-5-7-11-30)39(44)40-32-12-8-9-13-32/h5-7,10-11,14-25,32,37H,4,8-9,12-13,26-28H2,1-3H3,(H,40,44)/t37-/m0/s1. The van der Waals surface area contributed by atoms with Gasteiger partial charge in [0.1, 0.15) is 18.3 Å². The van der Waals surface area contributed by atoms with Crippen LogP contribution in [-0.2, 0) is 32.6 Å². The number of rotatable bonds is 15. The number of aryl methyl sites for hydroxylation is 1. The zero-order chi connectivity index (χ0) is 34.8. The van der Waals surface area contributed by atoms with Gasteiger partial charge in [0.15, 0.2) is 0 Å². The molecule has 8 nitrogen and oxygen atoms in total. The van der Waals surface area contributed by atoms with Crippen LogP contribution in [0.3, 0.4) is 0 Å². The van der Waals surface area contributed by atoms with Gasteiger partial charge in [0.05, 0.1) is 17.2 Å². The van der Waals surface area contributed by atoms with Crippen LogP contribution in [0.15, 0.2) is 113 Å². The van der Waals surface area contributed by atoms with E-state index in [1.807, 2.05) is 74.7 Å². The molecule has 1 saturated carbocycles. The SMILES string of the molecule is CCOc1ccc(N(CC(=O)N(Cc2ccc(C)cc2)[C@@H](Cc2ccccc2)C(=O)NC2CCCC2)S(=O)(=O)c2ccc(SC)cc2)cc1. The fourth-order valence-corrected chi connectivity index (χ4v) is 7.91. The van der Waals surface area contributed by atoms with E-state index in [4.69, 9.17) is 4.74 Å². The van der Waals surface area contributed by atoms with E-state index in [1.165, 1.54) is 11.8 Å². The van der Waals surface area contributed by atoms with E-state index in [0.29, 0.717) is 18.0 Å². The number of amides is 2. The van der Waals surface area contributed by atoms with Crippen LogP contribution in [0.25, 0.3) is 0 Å². The fraction of sp³-hybridized carbons (Fsp3) is 0.333. The van der Waals surface area contributed by atoms with Crippen molar-refractivity contribution in [3.8, 4) is 5.75 Å². The van der Waals surface area contributed by atoms with E-state index < -0.39 is 28.5 Å². The Hall–Kier alpha value is -4.28. The van der Waals surface area contributed by atoms with Crippen LogP contribution in [-0.4, -0.2) is 56.6 Å². The summed E-state index contributed by atoms with van der Waals surface area (Å²) in [6.45, 7) is 3.95. The van der Waals surface area contributed by atoms with Gasteiger partial charge < -0.3 is 15.0 Å². The molecule has 1 fully saturated rings. The molecular weight excluding hydrogens is 655 g/mol. The second kappa shape index (κ2) is 16.9. The lowest BCUT2D eigenvalue weighted by molar-refractivity contribution is -0.140. The molecule has 2 amide bonds. The van der Waals surface area contributed by atoms with Crippen molar-refractivity contribution in [3.63, 3.8) is 0 Å². The van der Waals surface area contributed by atoms with E-state index in [2.05, 4.69) is 5.32 Å². The van der Waals surface area contributed by atoms with Crippen molar-refractivity contribution in [2.75, 3.05) is 23.7 Å². The van der Waals surface area contributed by atoms with Gasteiger partial charge in [0, 0.05) is 23.9 Å². The molecule has 1 aliphatic rings. The third-order valence-corrected chi connectivity index (χ3v) is 11.3. The number of hydrogen-bond acceptors (Lipinski definition) is 6. The number of anilines is 1. The van der Waals surface area contributed by atoms with Gasteiger partial charge in [-0.2, -0.15) is 0 Å².